The van der Waals surface area contributed by atoms with Crippen molar-refractivity contribution in [1.82, 2.24) is 0 Å². The van der Waals surface area contributed by atoms with Crippen LogP contribution in [0.3, 0.4) is 0 Å². The Labute approximate surface area is 265 Å². The largest absolute Gasteiger partial charge is 0.420 e. The van der Waals surface area contributed by atoms with Gasteiger partial charge in [-0.1, -0.05) is 133 Å². The smallest absolute Gasteiger partial charge is 0.360 e. The summed E-state index contributed by atoms with van der Waals surface area (Å²) >= 11 is 0. The Kier molecular flexibility index (Phi) is 6.97. The van der Waals surface area contributed by atoms with Gasteiger partial charge in [-0.15, -0.1) is 0 Å². The number of benzene rings is 7. The minimum Gasteiger partial charge on any atom is -0.360 e. The Morgan fingerprint density at radius 1 is 0.289 bits per heavy atom. The number of fused-ring (bicyclic) bond motifs is 1. The average Bonchev–Trinajstić information content (AvgIpc) is 3.48. The van der Waals surface area contributed by atoms with Crippen LogP contribution in [0.2, 0.25) is 0 Å². The first-order valence-electron chi connectivity index (χ1n) is 15.5. The zero-order valence-corrected chi connectivity index (χ0v) is 24.9. The fraction of sp³-hybridized carbons (Fsp3) is 0. The minimum atomic E-state index is -0.0251. The molecule has 7 aromatic carbocycles. The summed E-state index contributed by atoms with van der Waals surface area (Å²) in [5.74, 6) is 0. The van der Waals surface area contributed by atoms with Gasteiger partial charge in [-0.3, -0.25) is 0 Å². The Bertz CT molecular complexity index is 1990. The molecular formula is C42H31BN2. The third-order valence-corrected chi connectivity index (χ3v) is 8.65. The molecule has 8 rings (SSSR count). The fourth-order valence-electron chi connectivity index (χ4n) is 6.53. The van der Waals surface area contributed by atoms with Crippen LogP contribution in [0.5, 0.6) is 0 Å². The van der Waals surface area contributed by atoms with Crippen molar-refractivity contribution in [3.8, 4) is 33.4 Å². The van der Waals surface area contributed by atoms with Gasteiger partial charge in [-0.2, -0.15) is 0 Å². The number of rotatable bonds is 6. The van der Waals surface area contributed by atoms with Crippen molar-refractivity contribution < 1.29 is 0 Å². The quantitative estimate of drug-likeness (QED) is 0.182. The van der Waals surface area contributed by atoms with Crippen molar-refractivity contribution in [3.05, 3.63) is 188 Å². The molecule has 1 heterocycles. The van der Waals surface area contributed by atoms with Crippen molar-refractivity contribution in [1.29, 1.82) is 0 Å². The van der Waals surface area contributed by atoms with E-state index in [4.69, 9.17) is 0 Å². The standard InChI is InChI=1S/C42H31BN2/c1-5-15-32(16-6-1)35-29-36(33-17-7-2-8-18-33)31-37(30-35)34-25-27-40(28-26-34)45-42-24-14-13-23-41(42)44(39-21-11-4-12-22-39)43(45)38-19-9-3-10-20-38/h1-31H. The van der Waals surface area contributed by atoms with Crippen LogP contribution in [0.15, 0.2) is 188 Å². The van der Waals surface area contributed by atoms with Crippen LogP contribution in [-0.2, 0) is 0 Å². The molecule has 1 aliphatic rings. The van der Waals surface area contributed by atoms with Gasteiger partial charge < -0.3 is 9.62 Å². The van der Waals surface area contributed by atoms with E-state index in [0.29, 0.717) is 0 Å². The fourth-order valence-corrected chi connectivity index (χ4v) is 6.53. The minimum absolute atomic E-state index is 0.0251. The molecule has 0 bridgehead atoms. The second-order valence-electron chi connectivity index (χ2n) is 11.4. The molecule has 0 aromatic heterocycles. The van der Waals surface area contributed by atoms with E-state index < -0.39 is 0 Å². The van der Waals surface area contributed by atoms with Gasteiger partial charge in [0.15, 0.2) is 0 Å². The lowest BCUT2D eigenvalue weighted by atomic mass is 9.64. The zero-order chi connectivity index (χ0) is 30.0. The molecular weight excluding hydrogens is 543 g/mol. The zero-order valence-electron chi connectivity index (χ0n) is 24.9. The van der Waals surface area contributed by atoms with Gasteiger partial charge in [0, 0.05) is 11.4 Å². The lowest BCUT2D eigenvalue weighted by Crippen LogP contribution is -2.53. The van der Waals surface area contributed by atoms with Crippen molar-refractivity contribution in [2.45, 2.75) is 0 Å². The van der Waals surface area contributed by atoms with Crippen molar-refractivity contribution >= 4 is 35.2 Å². The highest BCUT2D eigenvalue weighted by Gasteiger charge is 2.43. The molecule has 2 nitrogen and oxygen atoms in total. The summed E-state index contributed by atoms with van der Waals surface area (Å²) in [4.78, 5) is 4.92. The number of hydrogen-bond acceptors (Lipinski definition) is 2. The molecule has 0 radical (unpaired) electrons. The van der Waals surface area contributed by atoms with Crippen LogP contribution >= 0.6 is 0 Å². The van der Waals surface area contributed by atoms with Gasteiger partial charge in [-0.05, 0) is 93.4 Å². The van der Waals surface area contributed by atoms with Crippen LogP contribution in [0.25, 0.3) is 33.4 Å². The highest BCUT2D eigenvalue weighted by molar-refractivity contribution is 6.84. The molecule has 0 N–H and O–H groups in total. The third-order valence-electron chi connectivity index (χ3n) is 8.65. The van der Waals surface area contributed by atoms with Crippen molar-refractivity contribution in [3.63, 3.8) is 0 Å². The lowest BCUT2D eigenvalue weighted by Gasteiger charge is -2.30. The van der Waals surface area contributed by atoms with E-state index >= 15 is 0 Å². The van der Waals surface area contributed by atoms with E-state index in [9.17, 15) is 0 Å². The van der Waals surface area contributed by atoms with Gasteiger partial charge in [-0.25, -0.2) is 0 Å². The topological polar surface area (TPSA) is 6.48 Å². The molecule has 3 heteroatoms. The normalized spacial score (nSPS) is 12.3. The third kappa shape index (κ3) is 5.09. The molecule has 0 saturated carbocycles. The molecule has 7 aromatic rings. The average molecular weight is 575 g/mol. The van der Waals surface area contributed by atoms with Crippen LogP contribution < -0.4 is 15.1 Å². The van der Waals surface area contributed by atoms with Crippen LogP contribution in [0, 0.1) is 0 Å². The predicted octanol–water partition coefficient (Wildman–Crippen LogP) is 10.4. The van der Waals surface area contributed by atoms with Crippen LogP contribution in [-0.4, -0.2) is 6.98 Å². The Morgan fingerprint density at radius 2 is 0.644 bits per heavy atom. The number of anilines is 4. The lowest BCUT2D eigenvalue weighted by molar-refractivity contribution is 1.39. The highest BCUT2D eigenvalue weighted by Crippen LogP contribution is 2.46. The van der Waals surface area contributed by atoms with Crippen molar-refractivity contribution in [2.75, 3.05) is 9.62 Å². The molecule has 0 atom stereocenters. The van der Waals surface area contributed by atoms with Gasteiger partial charge in [0.25, 0.3) is 0 Å². The SMILES string of the molecule is c1ccc(B2N(c3ccccc3)c3ccccc3N2c2ccc(-c3cc(-c4ccccc4)cc(-c4ccccc4)c3)cc2)cc1. The molecule has 1 aliphatic heterocycles. The van der Waals surface area contributed by atoms with Crippen LogP contribution in [0.1, 0.15) is 0 Å². The van der Waals surface area contributed by atoms with Gasteiger partial charge in [0.2, 0.25) is 0 Å². The maximum Gasteiger partial charge on any atom is 0.420 e. The van der Waals surface area contributed by atoms with Gasteiger partial charge >= 0.3 is 6.98 Å². The van der Waals surface area contributed by atoms with E-state index in [2.05, 4.69) is 198 Å². The second kappa shape index (κ2) is 11.7. The molecule has 45 heavy (non-hydrogen) atoms. The summed E-state index contributed by atoms with van der Waals surface area (Å²) in [5.41, 5.74) is 13.2. The molecule has 0 fully saturated rings. The maximum absolute atomic E-state index is 2.47. The Hall–Kier alpha value is -5.80. The Morgan fingerprint density at radius 3 is 1.11 bits per heavy atom. The molecule has 212 valence electrons. The predicted molar refractivity (Wildman–Crippen MR) is 192 cm³/mol. The number of para-hydroxylation sites is 3. The monoisotopic (exact) mass is 574 g/mol. The molecule has 0 saturated heterocycles. The summed E-state index contributed by atoms with van der Waals surface area (Å²) in [6.45, 7) is -0.0251. The summed E-state index contributed by atoms with van der Waals surface area (Å²) in [6, 6.07) is 67.6. The second-order valence-corrected chi connectivity index (χ2v) is 11.4. The van der Waals surface area contributed by atoms with E-state index in [1.807, 2.05) is 0 Å². The van der Waals surface area contributed by atoms with E-state index in [1.54, 1.807) is 0 Å². The van der Waals surface area contributed by atoms with Crippen molar-refractivity contribution in [2.24, 2.45) is 0 Å². The number of hydrogen-bond donors (Lipinski definition) is 0. The molecule has 0 unspecified atom stereocenters. The highest BCUT2D eigenvalue weighted by atomic mass is 15.3. The first kappa shape index (κ1) is 26.8. The first-order chi connectivity index (χ1) is 22.3. The molecule has 0 aliphatic carbocycles. The van der Waals surface area contributed by atoms with E-state index in [1.165, 1.54) is 55.9 Å². The summed E-state index contributed by atoms with van der Waals surface area (Å²) < 4.78 is 0. The van der Waals surface area contributed by atoms with Gasteiger partial charge in [0.05, 0.1) is 11.4 Å². The summed E-state index contributed by atoms with van der Waals surface area (Å²) in [6.07, 6.45) is 0. The van der Waals surface area contributed by atoms with Gasteiger partial charge in [0.1, 0.15) is 0 Å². The first-order valence-corrected chi connectivity index (χ1v) is 15.5. The van der Waals surface area contributed by atoms with E-state index in [0.717, 1.165) is 5.69 Å². The Balaban J connectivity index is 1.24. The molecule has 0 amide bonds. The van der Waals surface area contributed by atoms with E-state index in [-0.39, 0.29) is 6.98 Å². The maximum atomic E-state index is 2.47. The van der Waals surface area contributed by atoms with Crippen LogP contribution in [0.4, 0.5) is 22.7 Å². The summed E-state index contributed by atoms with van der Waals surface area (Å²) in [7, 11) is 0. The molecule has 0 spiro atoms. The number of nitrogens with zero attached hydrogens (tertiary/aromatic N) is 2. The summed E-state index contributed by atoms with van der Waals surface area (Å²) in [5, 5.41) is 0.